The van der Waals surface area contributed by atoms with Gasteiger partial charge in [-0.15, -0.1) is 22.7 Å². The lowest BCUT2D eigenvalue weighted by Crippen LogP contribution is -2.21. The number of nitrogens with two attached hydrogens (primary N) is 1. The molecule has 2 aromatic rings. The van der Waals surface area contributed by atoms with Crippen LogP contribution in [0.1, 0.15) is 25.8 Å². The zero-order valence-electron chi connectivity index (χ0n) is 11.7. The first-order valence-corrected chi connectivity index (χ1v) is 9.30. The average molecular weight is 330 g/mol. The topological polar surface area (TPSA) is 72.2 Å². The van der Waals surface area contributed by atoms with E-state index in [9.17, 15) is 8.42 Å². The molecule has 0 aliphatic rings. The van der Waals surface area contributed by atoms with Crippen LogP contribution in [0, 0.1) is 20.8 Å². The minimum absolute atomic E-state index is 0.330. The van der Waals surface area contributed by atoms with E-state index in [1.165, 1.54) is 21.8 Å². The second-order valence-electron chi connectivity index (χ2n) is 4.65. The zero-order chi connectivity index (χ0) is 14.9. The molecule has 2 rings (SSSR count). The number of sulfonamides is 1. The summed E-state index contributed by atoms with van der Waals surface area (Å²) in [5, 5.41) is 0. The number of aryl methyl sites for hydroxylation is 3. The van der Waals surface area contributed by atoms with Crippen molar-refractivity contribution < 1.29 is 8.42 Å². The summed E-state index contributed by atoms with van der Waals surface area (Å²) in [6, 6.07) is 3.70. The standard InChI is InChI=1S/C13H18N2O2S3/c1-8-4-11(18-10(8)3)7-15-20(16,17)13-5-9(2)12(6-14)19-13/h4-5,15H,6-7,14H2,1-3H3. The zero-order valence-corrected chi connectivity index (χ0v) is 14.1. The molecule has 0 bridgehead atoms. The Labute approximate surface area is 127 Å². The summed E-state index contributed by atoms with van der Waals surface area (Å²) in [6.07, 6.45) is 0. The summed E-state index contributed by atoms with van der Waals surface area (Å²) >= 11 is 2.86. The molecule has 3 N–H and O–H groups in total. The van der Waals surface area contributed by atoms with Gasteiger partial charge in [0.25, 0.3) is 0 Å². The van der Waals surface area contributed by atoms with E-state index in [1.807, 2.05) is 26.8 Å². The fourth-order valence-corrected chi connectivity index (χ4v) is 5.40. The highest BCUT2D eigenvalue weighted by Crippen LogP contribution is 2.26. The largest absolute Gasteiger partial charge is 0.326 e. The molecular formula is C13H18N2O2S3. The van der Waals surface area contributed by atoms with Gasteiger partial charge in [0.15, 0.2) is 0 Å². The molecule has 2 heterocycles. The number of thiophene rings is 2. The number of hydrogen-bond donors (Lipinski definition) is 2. The first-order valence-electron chi connectivity index (χ1n) is 6.18. The Hall–Kier alpha value is -0.730. The van der Waals surface area contributed by atoms with Crippen molar-refractivity contribution in [2.24, 2.45) is 5.73 Å². The van der Waals surface area contributed by atoms with Crippen LogP contribution in [0.3, 0.4) is 0 Å². The second-order valence-corrected chi connectivity index (χ2v) is 9.12. The molecule has 0 fully saturated rings. The lowest BCUT2D eigenvalue weighted by molar-refractivity contribution is 0.584. The van der Waals surface area contributed by atoms with E-state index in [2.05, 4.69) is 4.72 Å². The van der Waals surface area contributed by atoms with Crippen LogP contribution in [0.25, 0.3) is 0 Å². The van der Waals surface area contributed by atoms with Gasteiger partial charge in [-0.3, -0.25) is 0 Å². The van der Waals surface area contributed by atoms with Gasteiger partial charge in [-0.1, -0.05) is 0 Å². The van der Waals surface area contributed by atoms with Crippen molar-refractivity contribution in [3.8, 4) is 0 Å². The lowest BCUT2D eigenvalue weighted by Gasteiger charge is -2.02. The van der Waals surface area contributed by atoms with Gasteiger partial charge in [0.1, 0.15) is 4.21 Å². The Morgan fingerprint density at radius 1 is 1.15 bits per heavy atom. The maximum absolute atomic E-state index is 12.2. The van der Waals surface area contributed by atoms with E-state index < -0.39 is 10.0 Å². The normalized spacial score (nSPS) is 12.0. The first kappa shape index (κ1) is 15.7. The van der Waals surface area contributed by atoms with Crippen LogP contribution in [0.5, 0.6) is 0 Å². The van der Waals surface area contributed by atoms with Gasteiger partial charge in [-0.05, 0) is 44.0 Å². The van der Waals surface area contributed by atoms with Crippen molar-refractivity contribution in [2.75, 3.05) is 0 Å². The molecule has 0 radical (unpaired) electrons. The fraction of sp³-hybridized carbons (Fsp3) is 0.385. The SMILES string of the molecule is Cc1cc(CNS(=O)(=O)c2cc(C)c(CN)s2)sc1C. The second kappa shape index (κ2) is 5.95. The number of nitrogens with one attached hydrogen (secondary N) is 1. The van der Waals surface area contributed by atoms with Crippen molar-refractivity contribution in [3.63, 3.8) is 0 Å². The van der Waals surface area contributed by atoms with Crippen molar-refractivity contribution in [3.05, 3.63) is 37.9 Å². The summed E-state index contributed by atoms with van der Waals surface area (Å²) in [5.41, 5.74) is 7.72. The van der Waals surface area contributed by atoms with Crippen LogP contribution in [-0.4, -0.2) is 8.42 Å². The molecule has 0 saturated heterocycles. The average Bonchev–Trinajstić information content (AvgIpc) is 2.91. The van der Waals surface area contributed by atoms with Crippen molar-refractivity contribution in [2.45, 2.75) is 38.1 Å². The minimum atomic E-state index is -3.45. The molecule has 0 aliphatic heterocycles. The van der Waals surface area contributed by atoms with E-state index in [4.69, 9.17) is 5.73 Å². The molecule has 0 aromatic carbocycles. The fourth-order valence-electron chi connectivity index (χ4n) is 1.80. The molecule has 4 nitrogen and oxygen atoms in total. The van der Waals surface area contributed by atoms with Crippen molar-refractivity contribution in [1.29, 1.82) is 0 Å². The maximum Gasteiger partial charge on any atom is 0.250 e. The third-order valence-corrected chi connectivity index (χ3v) is 7.39. The molecule has 0 saturated carbocycles. The Bertz CT molecular complexity index is 695. The van der Waals surface area contributed by atoms with Crippen molar-refractivity contribution >= 4 is 32.7 Å². The van der Waals surface area contributed by atoms with Crippen LogP contribution in [0.2, 0.25) is 0 Å². The molecule has 0 spiro atoms. The third kappa shape index (κ3) is 3.29. The first-order chi connectivity index (χ1) is 9.33. The van der Waals surface area contributed by atoms with Gasteiger partial charge in [0.05, 0.1) is 0 Å². The number of rotatable bonds is 5. The Kier molecular flexibility index (Phi) is 4.66. The quantitative estimate of drug-likeness (QED) is 0.885. The highest BCUT2D eigenvalue weighted by atomic mass is 32.2. The highest BCUT2D eigenvalue weighted by Gasteiger charge is 2.18. The Balaban J connectivity index is 2.14. The third-order valence-electron chi connectivity index (χ3n) is 3.10. The predicted octanol–water partition coefficient (Wildman–Crippen LogP) is 2.67. The summed E-state index contributed by atoms with van der Waals surface area (Å²) in [4.78, 5) is 3.15. The molecule has 110 valence electrons. The van der Waals surface area contributed by atoms with Crippen LogP contribution in [0.15, 0.2) is 16.3 Å². The summed E-state index contributed by atoms with van der Waals surface area (Å²) in [6.45, 7) is 6.64. The Morgan fingerprint density at radius 3 is 2.35 bits per heavy atom. The summed E-state index contributed by atoms with van der Waals surface area (Å²) in [5.74, 6) is 0. The van der Waals surface area contributed by atoms with E-state index in [0.29, 0.717) is 17.3 Å². The monoisotopic (exact) mass is 330 g/mol. The van der Waals surface area contributed by atoms with Crippen molar-refractivity contribution in [1.82, 2.24) is 4.72 Å². The van der Waals surface area contributed by atoms with Gasteiger partial charge >= 0.3 is 0 Å². The van der Waals surface area contributed by atoms with E-state index >= 15 is 0 Å². The van der Waals surface area contributed by atoms with E-state index in [-0.39, 0.29) is 0 Å². The Morgan fingerprint density at radius 2 is 1.85 bits per heavy atom. The smallest absolute Gasteiger partial charge is 0.250 e. The lowest BCUT2D eigenvalue weighted by atomic mass is 10.3. The van der Waals surface area contributed by atoms with Gasteiger partial charge in [0, 0.05) is 27.7 Å². The molecule has 0 atom stereocenters. The molecule has 7 heteroatoms. The highest BCUT2D eigenvalue weighted by molar-refractivity contribution is 7.91. The van der Waals surface area contributed by atoms with E-state index in [0.717, 1.165) is 15.3 Å². The minimum Gasteiger partial charge on any atom is -0.326 e. The predicted molar refractivity (Wildman–Crippen MR) is 84.8 cm³/mol. The van der Waals surface area contributed by atoms with Crippen LogP contribution < -0.4 is 10.5 Å². The molecule has 0 aliphatic carbocycles. The van der Waals surface area contributed by atoms with E-state index in [1.54, 1.807) is 17.4 Å². The molecule has 20 heavy (non-hydrogen) atoms. The number of hydrogen-bond acceptors (Lipinski definition) is 5. The molecule has 2 aromatic heterocycles. The van der Waals surface area contributed by atoms with Gasteiger partial charge in [0.2, 0.25) is 10.0 Å². The molecular weight excluding hydrogens is 312 g/mol. The van der Waals surface area contributed by atoms with Crippen LogP contribution in [-0.2, 0) is 23.1 Å². The van der Waals surface area contributed by atoms with Crippen LogP contribution >= 0.6 is 22.7 Å². The maximum atomic E-state index is 12.2. The molecule has 0 amide bonds. The van der Waals surface area contributed by atoms with Gasteiger partial charge < -0.3 is 5.73 Å². The summed E-state index contributed by atoms with van der Waals surface area (Å²) < 4.78 is 27.5. The summed E-state index contributed by atoms with van der Waals surface area (Å²) in [7, 11) is -3.45. The van der Waals surface area contributed by atoms with Gasteiger partial charge in [-0.2, -0.15) is 0 Å². The van der Waals surface area contributed by atoms with Gasteiger partial charge in [-0.25, -0.2) is 13.1 Å². The van der Waals surface area contributed by atoms with Crippen LogP contribution in [0.4, 0.5) is 0 Å². The molecule has 0 unspecified atom stereocenters.